The van der Waals surface area contributed by atoms with Gasteiger partial charge in [0, 0.05) is 25.7 Å². The van der Waals surface area contributed by atoms with Crippen molar-refractivity contribution in [2.75, 3.05) is 19.8 Å². The summed E-state index contributed by atoms with van der Waals surface area (Å²) in [7, 11) is -1.77. The first-order chi connectivity index (χ1) is 13.2. The van der Waals surface area contributed by atoms with Crippen LogP contribution in [0.4, 0.5) is 0 Å². The summed E-state index contributed by atoms with van der Waals surface area (Å²) in [4.78, 5) is 0. The van der Waals surface area contributed by atoms with E-state index in [0.717, 1.165) is 45.3 Å². The Morgan fingerprint density at radius 2 is 2.00 bits per heavy atom. The molecular weight excluding hydrogens is 368 g/mol. The van der Waals surface area contributed by atoms with Gasteiger partial charge in [0.1, 0.15) is 0 Å². The topological polar surface area (TPSA) is 47.9 Å². The lowest BCUT2D eigenvalue weighted by Gasteiger charge is -2.39. The van der Waals surface area contributed by atoms with Crippen LogP contribution in [0.5, 0.6) is 0 Å². The van der Waals surface area contributed by atoms with E-state index < -0.39 is 8.32 Å². The second-order valence-electron chi connectivity index (χ2n) is 10.6. The van der Waals surface area contributed by atoms with Gasteiger partial charge < -0.3 is 19.0 Å². The molecule has 1 aliphatic heterocycles. The Morgan fingerprint density at radius 3 is 2.64 bits per heavy atom. The highest BCUT2D eigenvalue weighted by Crippen LogP contribution is 2.48. The average Bonchev–Trinajstić information content (AvgIpc) is 2.96. The summed E-state index contributed by atoms with van der Waals surface area (Å²) >= 11 is 0. The van der Waals surface area contributed by atoms with Gasteiger partial charge in [-0.3, -0.25) is 0 Å². The average molecular weight is 411 g/mol. The summed E-state index contributed by atoms with van der Waals surface area (Å²) in [5.41, 5.74) is 1.43. The monoisotopic (exact) mass is 410 g/mol. The van der Waals surface area contributed by atoms with Crippen LogP contribution < -0.4 is 0 Å². The zero-order chi connectivity index (χ0) is 20.4. The first kappa shape index (κ1) is 22.5. The summed E-state index contributed by atoms with van der Waals surface area (Å²) < 4.78 is 19.1. The van der Waals surface area contributed by atoms with Gasteiger partial charge in [0.05, 0.1) is 6.10 Å². The third-order valence-electron chi connectivity index (χ3n) is 7.67. The first-order valence-corrected chi connectivity index (χ1v) is 14.3. The number of hydrogen-bond acceptors (Lipinski definition) is 4. The lowest BCUT2D eigenvalue weighted by molar-refractivity contribution is -0.197. The van der Waals surface area contributed by atoms with Crippen molar-refractivity contribution in [2.24, 2.45) is 17.8 Å². The van der Waals surface area contributed by atoms with Crippen molar-refractivity contribution in [1.82, 2.24) is 0 Å². The van der Waals surface area contributed by atoms with Crippen molar-refractivity contribution >= 4 is 8.32 Å². The highest BCUT2D eigenvalue weighted by Gasteiger charge is 2.47. The van der Waals surface area contributed by atoms with E-state index in [1.165, 1.54) is 18.4 Å². The molecule has 0 aromatic rings. The van der Waals surface area contributed by atoms with Crippen molar-refractivity contribution in [3.8, 4) is 0 Å². The molecule has 1 saturated heterocycles. The lowest BCUT2D eigenvalue weighted by atomic mass is 9.79. The van der Waals surface area contributed by atoms with Gasteiger partial charge >= 0.3 is 0 Å². The number of aliphatic hydroxyl groups excluding tert-OH is 1. The van der Waals surface area contributed by atoms with Crippen LogP contribution in [0.3, 0.4) is 0 Å². The highest BCUT2D eigenvalue weighted by molar-refractivity contribution is 6.74. The second-order valence-corrected chi connectivity index (χ2v) is 15.4. The normalized spacial score (nSPS) is 34.2. The fourth-order valence-corrected chi connectivity index (χ4v) is 5.88. The van der Waals surface area contributed by atoms with E-state index in [0.29, 0.717) is 17.8 Å². The Bertz CT molecular complexity index is 533. The van der Waals surface area contributed by atoms with Crippen molar-refractivity contribution in [1.29, 1.82) is 0 Å². The van der Waals surface area contributed by atoms with Crippen LogP contribution in [-0.4, -0.2) is 45.6 Å². The minimum Gasteiger partial charge on any atom is -0.416 e. The molecule has 0 aromatic carbocycles. The van der Waals surface area contributed by atoms with E-state index >= 15 is 0 Å². The highest BCUT2D eigenvalue weighted by atomic mass is 28.4. The Labute approximate surface area is 173 Å². The Morgan fingerprint density at radius 1 is 1.21 bits per heavy atom. The standard InChI is InChI=1S/C23H42O4Si/c1-23(2,3)28(4,5)26-16-20-19-10-9-17(11-12-24)14-18(19)15-21(20)27-22-8-6-7-13-25-22/h14,18-22,24H,6-13,15-16H2,1-5H3. The molecule has 0 radical (unpaired) electrons. The van der Waals surface area contributed by atoms with E-state index in [1.54, 1.807) is 0 Å². The summed E-state index contributed by atoms with van der Waals surface area (Å²) in [6.45, 7) is 13.5. The Kier molecular flexibility index (Phi) is 7.46. The largest absolute Gasteiger partial charge is 0.416 e. The molecule has 2 aliphatic carbocycles. The summed E-state index contributed by atoms with van der Waals surface area (Å²) in [6, 6.07) is 0. The van der Waals surface area contributed by atoms with Crippen molar-refractivity contribution in [3.05, 3.63) is 11.6 Å². The zero-order valence-corrected chi connectivity index (χ0v) is 19.7. The van der Waals surface area contributed by atoms with E-state index in [4.69, 9.17) is 13.9 Å². The summed E-state index contributed by atoms with van der Waals surface area (Å²) in [6.07, 6.45) is 10.2. The lowest BCUT2D eigenvalue weighted by Crippen LogP contribution is -2.44. The van der Waals surface area contributed by atoms with Crippen molar-refractivity contribution in [3.63, 3.8) is 0 Å². The maximum absolute atomic E-state index is 9.33. The van der Waals surface area contributed by atoms with Crippen LogP contribution in [0.15, 0.2) is 11.6 Å². The molecule has 0 aromatic heterocycles. The van der Waals surface area contributed by atoms with Gasteiger partial charge in [-0.25, -0.2) is 0 Å². The van der Waals surface area contributed by atoms with Gasteiger partial charge in [0.2, 0.25) is 0 Å². The number of allylic oxidation sites excluding steroid dienone is 1. The Hall–Kier alpha value is -0.203. The van der Waals surface area contributed by atoms with Gasteiger partial charge in [-0.15, -0.1) is 0 Å². The van der Waals surface area contributed by atoms with Gasteiger partial charge in [0.25, 0.3) is 0 Å². The molecule has 3 aliphatic rings. The predicted octanol–water partition coefficient (Wildman–Crippen LogP) is 5.27. The molecule has 1 saturated carbocycles. The number of rotatable bonds is 7. The quantitative estimate of drug-likeness (QED) is 0.458. The molecule has 5 heteroatoms. The molecule has 5 unspecified atom stereocenters. The SMILES string of the molecule is CC(C)(C)[Si](C)(C)OCC1C(OC2CCCCO2)CC2C=C(CCO)CCC21. The number of aliphatic hydroxyl groups is 1. The van der Waals surface area contributed by atoms with Crippen LogP contribution in [-0.2, 0) is 13.9 Å². The van der Waals surface area contributed by atoms with Crippen LogP contribution in [0.2, 0.25) is 18.1 Å². The zero-order valence-electron chi connectivity index (χ0n) is 18.7. The third-order valence-corrected chi connectivity index (χ3v) is 12.2. The fourth-order valence-electron chi connectivity index (χ4n) is 4.84. The van der Waals surface area contributed by atoms with Crippen LogP contribution in [0.25, 0.3) is 0 Å². The van der Waals surface area contributed by atoms with E-state index in [9.17, 15) is 5.11 Å². The van der Waals surface area contributed by atoms with Gasteiger partial charge in [0.15, 0.2) is 14.6 Å². The third kappa shape index (κ3) is 5.28. The Balaban J connectivity index is 1.70. The molecular formula is C23H42O4Si. The van der Waals surface area contributed by atoms with E-state index in [2.05, 4.69) is 39.9 Å². The maximum atomic E-state index is 9.33. The molecule has 1 heterocycles. The summed E-state index contributed by atoms with van der Waals surface area (Å²) in [5, 5.41) is 9.56. The maximum Gasteiger partial charge on any atom is 0.191 e. The van der Waals surface area contributed by atoms with Crippen molar-refractivity contribution in [2.45, 2.75) is 96.2 Å². The first-order valence-electron chi connectivity index (χ1n) is 11.4. The second kappa shape index (κ2) is 9.30. The molecule has 0 spiro atoms. The van der Waals surface area contributed by atoms with Crippen LogP contribution in [0, 0.1) is 17.8 Å². The van der Waals surface area contributed by atoms with Crippen LogP contribution in [0.1, 0.15) is 65.7 Å². The smallest absolute Gasteiger partial charge is 0.191 e. The molecule has 162 valence electrons. The number of fused-ring (bicyclic) bond motifs is 1. The van der Waals surface area contributed by atoms with Gasteiger partial charge in [-0.2, -0.15) is 0 Å². The van der Waals surface area contributed by atoms with E-state index in [1.807, 2.05) is 0 Å². The summed E-state index contributed by atoms with van der Waals surface area (Å²) in [5.74, 6) is 1.66. The van der Waals surface area contributed by atoms with Crippen LogP contribution >= 0.6 is 0 Å². The molecule has 28 heavy (non-hydrogen) atoms. The molecule has 0 amide bonds. The molecule has 0 bridgehead atoms. The minimum atomic E-state index is -1.77. The molecule has 4 nitrogen and oxygen atoms in total. The fraction of sp³-hybridized carbons (Fsp3) is 0.913. The molecule has 1 N–H and O–H groups in total. The van der Waals surface area contributed by atoms with Gasteiger partial charge in [-0.1, -0.05) is 32.4 Å². The predicted molar refractivity (Wildman–Crippen MR) is 116 cm³/mol. The number of ether oxygens (including phenoxy) is 2. The molecule has 3 rings (SSSR count). The molecule has 2 fully saturated rings. The van der Waals surface area contributed by atoms with Crippen molar-refractivity contribution < 1.29 is 19.0 Å². The van der Waals surface area contributed by atoms with Gasteiger partial charge in [-0.05, 0) is 74.9 Å². The number of hydrogen-bond donors (Lipinski definition) is 1. The molecule has 5 atom stereocenters. The minimum absolute atomic E-state index is 0.0323. The van der Waals surface area contributed by atoms with E-state index in [-0.39, 0.29) is 24.0 Å².